The number of pyridine rings is 2. The second-order valence-electron chi connectivity index (χ2n) is 7.90. The Balaban J connectivity index is 1.44. The lowest BCUT2D eigenvalue weighted by Crippen LogP contribution is -2.45. The van der Waals surface area contributed by atoms with Crippen LogP contribution in [-0.2, 0) is 0 Å². The highest BCUT2D eigenvalue weighted by atomic mass is 32.1. The molecule has 0 aromatic carbocycles. The van der Waals surface area contributed by atoms with Crippen molar-refractivity contribution in [2.45, 2.75) is 65.6 Å². The lowest BCUT2D eigenvalue weighted by atomic mass is 9.97. The van der Waals surface area contributed by atoms with Gasteiger partial charge in [0, 0.05) is 42.1 Å². The number of nitrogens with zero attached hydrogens (tertiary/aromatic N) is 4. The molecule has 0 N–H and O–H groups in total. The van der Waals surface area contributed by atoms with Crippen LogP contribution in [0.15, 0.2) is 24.3 Å². The quantitative estimate of drug-likeness (QED) is 0.621. The molecule has 5 nitrogen and oxygen atoms in total. The van der Waals surface area contributed by atoms with Gasteiger partial charge in [-0.25, -0.2) is 9.97 Å². The van der Waals surface area contributed by atoms with Gasteiger partial charge in [-0.05, 0) is 59.6 Å². The summed E-state index contributed by atoms with van der Waals surface area (Å²) in [6, 6.07) is 9.08. The number of aryl methyl sites for hydroxylation is 3. The highest BCUT2D eigenvalue weighted by Gasteiger charge is 2.31. The molecule has 6 heteroatoms. The topological polar surface area (TPSA) is 51.1 Å². The molecular weight excluding hydrogens is 368 g/mol. The van der Waals surface area contributed by atoms with Crippen molar-refractivity contribution < 1.29 is 4.74 Å². The maximum absolute atomic E-state index is 6.29. The van der Waals surface area contributed by atoms with E-state index in [1.165, 1.54) is 0 Å². The standard InChI is InChI=1S/C22H28N4OS/c1-13-10-19(11-14(2)23-13)27-18-8-9-26(15(3)12-18)16(4)20-6-7-21-22(25-20)24-17(5)28-21/h6-7,10-11,15-16,18H,8-9,12H2,1-5H3/t15-,16-,18-/m0/s1. The molecule has 3 aromatic rings. The Hall–Kier alpha value is -2.05. The molecule has 0 amide bonds. The van der Waals surface area contributed by atoms with E-state index >= 15 is 0 Å². The van der Waals surface area contributed by atoms with Gasteiger partial charge in [0.2, 0.25) is 0 Å². The average molecular weight is 397 g/mol. The number of aromatic nitrogens is 3. The van der Waals surface area contributed by atoms with Crippen LogP contribution in [0.25, 0.3) is 10.3 Å². The van der Waals surface area contributed by atoms with E-state index in [1.807, 2.05) is 32.9 Å². The number of piperidine rings is 1. The van der Waals surface area contributed by atoms with E-state index in [-0.39, 0.29) is 12.1 Å². The van der Waals surface area contributed by atoms with Gasteiger partial charge in [-0.3, -0.25) is 9.88 Å². The van der Waals surface area contributed by atoms with E-state index in [4.69, 9.17) is 9.72 Å². The highest BCUT2D eigenvalue weighted by molar-refractivity contribution is 7.18. The van der Waals surface area contributed by atoms with Gasteiger partial charge in [-0.1, -0.05) is 0 Å². The van der Waals surface area contributed by atoms with Crippen LogP contribution in [0.3, 0.4) is 0 Å². The van der Waals surface area contributed by atoms with Gasteiger partial charge >= 0.3 is 0 Å². The summed E-state index contributed by atoms with van der Waals surface area (Å²) in [6.07, 6.45) is 2.28. The minimum absolute atomic E-state index is 0.247. The first-order valence-corrected chi connectivity index (χ1v) is 10.8. The summed E-state index contributed by atoms with van der Waals surface area (Å²) < 4.78 is 7.45. The summed E-state index contributed by atoms with van der Waals surface area (Å²) in [6.45, 7) is 11.6. The van der Waals surface area contributed by atoms with Crippen LogP contribution in [0.4, 0.5) is 0 Å². The van der Waals surface area contributed by atoms with Crippen molar-refractivity contribution in [3.8, 4) is 5.75 Å². The Morgan fingerprint density at radius 3 is 2.57 bits per heavy atom. The van der Waals surface area contributed by atoms with E-state index in [1.54, 1.807) is 11.3 Å². The maximum atomic E-state index is 6.29. The Morgan fingerprint density at radius 1 is 1.11 bits per heavy atom. The summed E-state index contributed by atoms with van der Waals surface area (Å²) in [5, 5.41) is 1.07. The summed E-state index contributed by atoms with van der Waals surface area (Å²) in [5.41, 5.74) is 3.99. The molecular formula is C22H28N4OS. The lowest BCUT2D eigenvalue weighted by molar-refractivity contribution is 0.0389. The zero-order valence-electron chi connectivity index (χ0n) is 17.3. The number of thiazole rings is 1. The third-order valence-electron chi connectivity index (χ3n) is 5.54. The van der Waals surface area contributed by atoms with E-state index < -0.39 is 0 Å². The number of likely N-dealkylation sites (tertiary alicyclic amines) is 1. The lowest BCUT2D eigenvalue weighted by Gasteiger charge is -2.41. The molecule has 0 saturated carbocycles. The van der Waals surface area contributed by atoms with Crippen LogP contribution in [0.2, 0.25) is 0 Å². The van der Waals surface area contributed by atoms with Gasteiger partial charge in [0.25, 0.3) is 0 Å². The zero-order chi connectivity index (χ0) is 19.8. The number of fused-ring (bicyclic) bond motifs is 1. The summed E-state index contributed by atoms with van der Waals surface area (Å²) in [7, 11) is 0. The molecule has 0 unspecified atom stereocenters. The van der Waals surface area contributed by atoms with Crippen LogP contribution in [0.5, 0.6) is 5.75 Å². The SMILES string of the molecule is Cc1cc(O[C@H]2CCN([C@@H](C)c3ccc4sc(C)nc4n3)[C@@H](C)C2)cc(C)n1. The molecule has 0 radical (unpaired) electrons. The minimum Gasteiger partial charge on any atom is -0.490 e. The predicted molar refractivity (Wildman–Crippen MR) is 114 cm³/mol. The molecule has 148 valence electrons. The second kappa shape index (κ2) is 7.76. The van der Waals surface area contributed by atoms with Crippen molar-refractivity contribution in [3.63, 3.8) is 0 Å². The van der Waals surface area contributed by atoms with Crippen molar-refractivity contribution in [3.05, 3.63) is 46.4 Å². The summed E-state index contributed by atoms with van der Waals surface area (Å²) in [4.78, 5) is 16.4. The van der Waals surface area contributed by atoms with Gasteiger partial charge in [0.15, 0.2) is 5.65 Å². The van der Waals surface area contributed by atoms with E-state index in [2.05, 4.69) is 40.8 Å². The third kappa shape index (κ3) is 4.03. The number of hydrogen-bond donors (Lipinski definition) is 0. The van der Waals surface area contributed by atoms with Gasteiger partial charge in [-0.15, -0.1) is 11.3 Å². The molecule has 3 atom stereocenters. The number of ether oxygens (including phenoxy) is 1. The van der Waals surface area contributed by atoms with Crippen molar-refractivity contribution in [1.82, 2.24) is 19.9 Å². The number of rotatable bonds is 4. The molecule has 1 fully saturated rings. The molecule has 3 aromatic heterocycles. The third-order valence-corrected chi connectivity index (χ3v) is 6.47. The molecule has 4 rings (SSSR count). The molecule has 28 heavy (non-hydrogen) atoms. The fraction of sp³-hybridized carbons (Fsp3) is 0.500. The van der Waals surface area contributed by atoms with Crippen LogP contribution in [0, 0.1) is 20.8 Å². The van der Waals surface area contributed by atoms with Crippen molar-refractivity contribution in [2.24, 2.45) is 0 Å². The normalized spacial score (nSPS) is 21.8. The van der Waals surface area contributed by atoms with Crippen molar-refractivity contribution >= 4 is 21.7 Å². The van der Waals surface area contributed by atoms with Crippen molar-refractivity contribution in [2.75, 3.05) is 6.54 Å². The maximum Gasteiger partial charge on any atom is 0.170 e. The molecule has 0 aliphatic carbocycles. The summed E-state index contributed by atoms with van der Waals surface area (Å²) >= 11 is 1.70. The van der Waals surface area contributed by atoms with Crippen LogP contribution >= 0.6 is 11.3 Å². The van der Waals surface area contributed by atoms with Crippen molar-refractivity contribution in [1.29, 1.82) is 0 Å². The first-order chi connectivity index (χ1) is 13.4. The van der Waals surface area contributed by atoms with Crippen LogP contribution in [-0.4, -0.2) is 38.5 Å². The Morgan fingerprint density at radius 2 is 1.86 bits per heavy atom. The van der Waals surface area contributed by atoms with Gasteiger partial charge < -0.3 is 4.74 Å². The van der Waals surface area contributed by atoms with Crippen LogP contribution < -0.4 is 4.74 Å². The van der Waals surface area contributed by atoms with Crippen LogP contribution in [0.1, 0.15) is 54.8 Å². The molecule has 0 spiro atoms. The average Bonchev–Trinajstić information content (AvgIpc) is 2.99. The predicted octanol–water partition coefficient (Wildman–Crippen LogP) is 5.00. The molecule has 1 saturated heterocycles. The first-order valence-electron chi connectivity index (χ1n) is 10.0. The van der Waals surface area contributed by atoms with E-state index in [0.717, 1.165) is 57.6 Å². The van der Waals surface area contributed by atoms with Gasteiger partial charge in [0.05, 0.1) is 15.4 Å². The highest BCUT2D eigenvalue weighted by Crippen LogP contribution is 2.31. The fourth-order valence-corrected chi connectivity index (χ4v) is 5.00. The van der Waals surface area contributed by atoms with E-state index in [9.17, 15) is 0 Å². The fourth-order valence-electron chi connectivity index (χ4n) is 4.23. The largest absolute Gasteiger partial charge is 0.490 e. The first kappa shape index (κ1) is 19.3. The Kier molecular flexibility index (Phi) is 5.34. The molecule has 0 bridgehead atoms. The van der Waals surface area contributed by atoms with Gasteiger partial charge in [-0.2, -0.15) is 0 Å². The summed E-state index contributed by atoms with van der Waals surface area (Å²) in [5.74, 6) is 0.940. The van der Waals surface area contributed by atoms with E-state index in [0.29, 0.717) is 6.04 Å². The monoisotopic (exact) mass is 396 g/mol. The molecule has 1 aliphatic heterocycles. The van der Waals surface area contributed by atoms with Gasteiger partial charge in [0.1, 0.15) is 11.9 Å². The zero-order valence-corrected chi connectivity index (χ0v) is 18.1. The smallest absolute Gasteiger partial charge is 0.170 e. The Labute approximate surface area is 170 Å². The minimum atomic E-state index is 0.247. The Bertz CT molecular complexity index is 966. The second-order valence-corrected chi connectivity index (χ2v) is 9.14. The molecule has 4 heterocycles. The number of hydrogen-bond acceptors (Lipinski definition) is 6. The molecule has 1 aliphatic rings.